The number of aliphatic hydroxyl groups excluding tert-OH is 2. The third-order valence-corrected chi connectivity index (χ3v) is 3.86. The summed E-state index contributed by atoms with van der Waals surface area (Å²) in [6.07, 6.45) is -0.928. The fourth-order valence-corrected chi connectivity index (χ4v) is 2.37. The molecule has 126 valence electrons. The van der Waals surface area contributed by atoms with Crippen LogP contribution in [0.4, 0.5) is 0 Å². The summed E-state index contributed by atoms with van der Waals surface area (Å²) < 4.78 is 16.2. The van der Waals surface area contributed by atoms with E-state index in [1.165, 1.54) is 7.11 Å². The molecule has 0 bridgehead atoms. The maximum atomic E-state index is 10.0. The van der Waals surface area contributed by atoms with Gasteiger partial charge in [-0.05, 0) is 17.9 Å². The lowest BCUT2D eigenvalue weighted by Crippen LogP contribution is -2.36. The molecule has 1 aromatic carbocycles. The van der Waals surface area contributed by atoms with Crippen LogP contribution in [-0.4, -0.2) is 56.0 Å². The van der Waals surface area contributed by atoms with E-state index >= 15 is 0 Å². The molecule has 0 aromatic heterocycles. The highest BCUT2D eigenvalue weighted by molar-refractivity contribution is 5.13. The van der Waals surface area contributed by atoms with E-state index in [0.29, 0.717) is 19.6 Å². The summed E-state index contributed by atoms with van der Waals surface area (Å²) in [7, 11) is 3.12. The summed E-state index contributed by atoms with van der Waals surface area (Å²) in [5.41, 5.74) is 1.12. The summed E-state index contributed by atoms with van der Waals surface area (Å²) >= 11 is 0. The van der Waals surface area contributed by atoms with E-state index in [0.717, 1.165) is 5.56 Å². The van der Waals surface area contributed by atoms with Crippen LogP contribution in [0.5, 0.6) is 0 Å². The van der Waals surface area contributed by atoms with Gasteiger partial charge in [0.15, 0.2) is 0 Å². The smallest absolute Gasteiger partial charge is 0.106 e. The molecule has 5 nitrogen and oxygen atoms in total. The Hall–Kier alpha value is -0.980. The molecule has 0 fully saturated rings. The second-order valence-electron chi connectivity index (χ2n) is 5.51. The summed E-state index contributed by atoms with van der Waals surface area (Å²) in [5, 5.41) is 19.2. The molecule has 0 aliphatic rings. The van der Waals surface area contributed by atoms with Crippen LogP contribution in [0.25, 0.3) is 0 Å². The molecule has 0 heterocycles. The topological polar surface area (TPSA) is 68.2 Å². The Morgan fingerprint density at radius 2 is 1.68 bits per heavy atom. The third kappa shape index (κ3) is 6.42. The molecule has 2 N–H and O–H groups in total. The molecule has 1 aromatic rings. The van der Waals surface area contributed by atoms with Gasteiger partial charge in [-0.1, -0.05) is 37.3 Å². The molecule has 0 saturated carbocycles. The SMILES string of the molecule is CO[C@@H](COCc1ccccc1)[C@@H](C)C[C@@H](O)[C@@H](CO)OC. The predicted octanol–water partition coefficient (Wildman–Crippen LogP) is 1.61. The minimum atomic E-state index is -0.725. The Morgan fingerprint density at radius 1 is 1.05 bits per heavy atom. The van der Waals surface area contributed by atoms with E-state index in [2.05, 4.69) is 0 Å². The average molecular weight is 312 g/mol. The number of hydrogen-bond acceptors (Lipinski definition) is 5. The second-order valence-corrected chi connectivity index (χ2v) is 5.51. The number of rotatable bonds is 11. The molecule has 0 radical (unpaired) electrons. The minimum Gasteiger partial charge on any atom is -0.394 e. The van der Waals surface area contributed by atoms with E-state index in [9.17, 15) is 5.11 Å². The molecule has 0 spiro atoms. The summed E-state index contributed by atoms with van der Waals surface area (Å²) in [6.45, 7) is 2.78. The number of ether oxygens (including phenoxy) is 3. The maximum absolute atomic E-state index is 10.0. The molecular weight excluding hydrogens is 284 g/mol. The highest BCUT2D eigenvalue weighted by Crippen LogP contribution is 2.17. The first kappa shape index (κ1) is 19.1. The largest absolute Gasteiger partial charge is 0.394 e. The van der Waals surface area contributed by atoms with Crippen LogP contribution in [0.2, 0.25) is 0 Å². The quantitative estimate of drug-likeness (QED) is 0.650. The number of benzene rings is 1. The Bertz CT molecular complexity index is 380. The first-order valence-corrected chi connectivity index (χ1v) is 7.58. The predicted molar refractivity (Wildman–Crippen MR) is 84.6 cm³/mol. The maximum Gasteiger partial charge on any atom is 0.106 e. The van der Waals surface area contributed by atoms with Gasteiger partial charge in [0, 0.05) is 14.2 Å². The van der Waals surface area contributed by atoms with Crippen LogP contribution in [0.15, 0.2) is 30.3 Å². The van der Waals surface area contributed by atoms with Crippen molar-refractivity contribution in [1.29, 1.82) is 0 Å². The Kier molecular flexibility index (Phi) is 9.27. The van der Waals surface area contributed by atoms with Gasteiger partial charge in [0.05, 0.1) is 32.0 Å². The zero-order valence-electron chi connectivity index (χ0n) is 13.6. The second kappa shape index (κ2) is 10.7. The van der Waals surface area contributed by atoms with Crippen molar-refractivity contribution in [3.8, 4) is 0 Å². The van der Waals surface area contributed by atoms with E-state index in [1.54, 1.807) is 7.11 Å². The van der Waals surface area contributed by atoms with Crippen LogP contribution >= 0.6 is 0 Å². The van der Waals surface area contributed by atoms with Crippen LogP contribution in [0, 0.1) is 5.92 Å². The summed E-state index contributed by atoms with van der Waals surface area (Å²) in [6, 6.07) is 9.95. The van der Waals surface area contributed by atoms with Crippen LogP contribution < -0.4 is 0 Å². The van der Waals surface area contributed by atoms with Gasteiger partial charge in [-0.3, -0.25) is 0 Å². The van der Waals surface area contributed by atoms with E-state index < -0.39 is 12.2 Å². The molecule has 1 rings (SSSR count). The number of hydrogen-bond donors (Lipinski definition) is 2. The molecule has 0 aliphatic carbocycles. The highest BCUT2D eigenvalue weighted by atomic mass is 16.5. The molecule has 0 unspecified atom stereocenters. The van der Waals surface area contributed by atoms with Crippen LogP contribution in [0.1, 0.15) is 18.9 Å². The van der Waals surface area contributed by atoms with Gasteiger partial charge in [-0.25, -0.2) is 0 Å². The molecule has 22 heavy (non-hydrogen) atoms. The van der Waals surface area contributed by atoms with Crippen molar-refractivity contribution in [2.24, 2.45) is 5.92 Å². The zero-order chi connectivity index (χ0) is 16.4. The number of aliphatic hydroxyl groups is 2. The zero-order valence-corrected chi connectivity index (χ0v) is 13.6. The van der Waals surface area contributed by atoms with E-state index in [-0.39, 0.29) is 18.6 Å². The molecule has 5 heteroatoms. The van der Waals surface area contributed by atoms with Crippen molar-refractivity contribution in [3.63, 3.8) is 0 Å². The van der Waals surface area contributed by atoms with Crippen molar-refractivity contribution < 1.29 is 24.4 Å². The lowest BCUT2D eigenvalue weighted by molar-refractivity contribution is -0.0712. The van der Waals surface area contributed by atoms with Crippen molar-refractivity contribution in [2.45, 2.75) is 38.3 Å². The molecule has 4 atom stereocenters. The lowest BCUT2D eigenvalue weighted by Gasteiger charge is -2.27. The van der Waals surface area contributed by atoms with Gasteiger partial charge < -0.3 is 24.4 Å². The Morgan fingerprint density at radius 3 is 2.23 bits per heavy atom. The van der Waals surface area contributed by atoms with Crippen LogP contribution in [-0.2, 0) is 20.8 Å². The van der Waals surface area contributed by atoms with Gasteiger partial charge in [0.25, 0.3) is 0 Å². The Balaban J connectivity index is 2.39. The number of methoxy groups -OCH3 is 2. The molecule has 0 amide bonds. The van der Waals surface area contributed by atoms with Crippen LogP contribution in [0.3, 0.4) is 0 Å². The molecular formula is C17H28O5. The van der Waals surface area contributed by atoms with Crippen molar-refractivity contribution in [1.82, 2.24) is 0 Å². The molecule has 0 saturated heterocycles. The highest BCUT2D eigenvalue weighted by Gasteiger charge is 2.25. The lowest BCUT2D eigenvalue weighted by atomic mass is 9.95. The Labute approximate surface area is 132 Å². The third-order valence-electron chi connectivity index (χ3n) is 3.86. The van der Waals surface area contributed by atoms with Gasteiger partial charge in [0.1, 0.15) is 6.10 Å². The van der Waals surface area contributed by atoms with Gasteiger partial charge in [0.2, 0.25) is 0 Å². The average Bonchev–Trinajstić information content (AvgIpc) is 2.53. The normalized spacial score (nSPS) is 17.0. The standard InChI is InChI=1S/C17H28O5/c1-13(9-15(19)16(10-18)20-2)17(21-3)12-22-11-14-7-5-4-6-8-14/h4-8,13,15-19H,9-12H2,1-3H3/t13-,15+,16+,17-/m0/s1. The monoisotopic (exact) mass is 312 g/mol. The fourth-order valence-electron chi connectivity index (χ4n) is 2.37. The van der Waals surface area contributed by atoms with Crippen molar-refractivity contribution >= 4 is 0 Å². The summed E-state index contributed by atoms with van der Waals surface area (Å²) in [5.74, 6) is 0.0833. The first-order valence-electron chi connectivity index (χ1n) is 7.58. The first-order chi connectivity index (χ1) is 10.6. The minimum absolute atomic E-state index is 0.0833. The van der Waals surface area contributed by atoms with E-state index in [1.807, 2.05) is 37.3 Å². The van der Waals surface area contributed by atoms with Gasteiger partial charge in [-0.15, -0.1) is 0 Å². The van der Waals surface area contributed by atoms with Crippen molar-refractivity contribution in [2.75, 3.05) is 27.4 Å². The van der Waals surface area contributed by atoms with Gasteiger partial charge in [-0.2, -0.15) is 0 Å². The summed E-state index contributed by atoms with van der Waals surface area (Å²) in [4.78, 5) is 0. The molecule has 0 aliphatic heterocycles. The van der Waals surface area contributed by atoms with Crippen molar-refractivity contribution in [3.05, 3.63) is 35.9 Å². The fraction of sp³-hybridized carbons (Fsp3) is 0.647. The van der Waals surface area contributed by atoms with E-state index in [4.69, 9.17) is 19.3 Å². The van der Waals surface area contributed by atoms with Gasteiger partial charge >= 0.3 is 0 Å².